The third-order valence-electron chi connectivity index (χ3n) is 4.47. The SMILES string of the molecule is CCOc1ccc2c(c1)sc(=NC(=O)c1ccc3c(c1)OCCO3)n2CCSC. The fourth-order valence-electron chi connectivity index (χ4n) is 3.12. The molecule has 0 radical (unpaired) electrons. The molecule has 2 aromatic carbocycles. The summed E-state index contributed by atoms with van der Waals surface area (Å²) < 4.78 is 19.9. The molecular weight excluding hydrogens is 408 g/mol. The first kappa shape index (κ1) is 19.8. The highest BCUT2D eigenvalue weighted by Gasteiger charge is 2.15. The van der Waals surface area contributed by atoms with E-state index >= 15 is 0 Å². The van der Waals surface area contributed by atoms with Crippen molar-refractivity contribution in [2.45, 2.75) is 13.5 Å². The van der Waals surface area contributed by atoms with Crippen LogP contribution >= 0.6 is 23.1 Å². The maximum absolute atomic E-state index is 12.9. The predicted molar refractivity (Wildman–Crippen MR) is 117 cm³/mol. The number of hydrogen-bond acceptors (Lipinski definition) is 6. The lowest BCUT2D eigenvalue weighted by Gasteiger charge is -2.18. The summed E-state index contributed by atoms with van der Waals surface area (Å²) in [5, 5.41) is 0. The Hall–Kier alpha value is -2.45. The molecule has 8 heteroatoms. The Bertz CT molecular complexity index is 1100. The number of thiazole rings is 1. The van der Waals surface area contributed by atoms with Crippen LogP contribution in [0.2, 0.25) is 0 Å². The second-order valence-corrected chi connectivity index (χ2v) is 8.36. The van der Waals surface area contributed by atoms with E-state index in [1.165, 1.54) is 11.3 Å². The van der Waals surface area contributed by atoms with Crippen molar-refractivity contribution < 1.29 is 19.0 Å². The van der Waals surface area contributed by atoms with Crippen molar-refractivity contribution >= 4 is 39.2 Å². The van der Waals surface area contributed by atoms with Gasteiger partial charge >= 0.3 is 0 Å². The Morgan fingerprint density at radius 1 is 1.21 bits per heavy atom. The van der Waals surface area contributed by atoms with Gasteiger partial charge in [-0.25, -0.2) is 0 Å². The molecule has 3 aromatic rings. The molecule has 0 atom stereocenters. The number of rotatable bonds is 6. The monoisotopic (exact) mass is 430 g/mol. The summed E-state index contributed by atoms with van der Waals surface area (Å²) in [6.45, 7) is 4.36. The lowest BCUT2D eigenvalue weighted by atomic mass is 10.2. The molecule has 0 N–H and O–H groups in total. The molecule has 0 saturated heterocycles. The maximum Gasteiger partial charge on any atom is 0.279 e. The van der Waals surface area contributed by atoms with Crippen molar-refractivity contribution in [1.82, 2.24) is 4.57 Å². The molecule has 0 unspecified atom stereocenters. The van der Waals surface area contributed by atoms with Gasteiger partial charge < -0.3 is 18.8 Å². The first-order valence-corrected chi connectivity index (χ1v) is 11.6. The highest BCUT2D eigenvalue weighted by molar-refractivity contribution is 7.98. The zero-order valence-electron chi connectivity index (χ0n) is 16.3. The number of aromatic nitrogens is 1. The molecule has 4 rings (SSSR count). The van der Waals surface area contributed by atoms with E-state index in [1.807, 2.05) is 25.1 Å². The van der Waals surface area contributed by atoms with E-state index in [1.54, 1.807) is 30.0 Å². The van der Waals surface area contributed by atoms with Crippen LogP contribution < -0.4 is 19.0 Å². The first-order chi connectivity index (χ1) is 14.2. The molecule has 0 saturated carbocycles. The van der Waals surface area contributed by atoms with Gasteiger partial charge in [-0.1, -0.05) is 11.3 Å². The standard InChI is InChI=1S/C21H22N2O4S2/c1-3-25-15-5-6-16-19(13-15)29-21(23(16)8-11-28-2)22-20(24)14-4-7-17-18(12-14)27-10-9-26-17/h4-7,12-13H,3,8-11H2,1-2H3. The lowest BCUT2D eigenvalue weighted by molar-refractivity contribution is 0.0996. The number of benzene rings is 2. The normalized spacial score (nSPS) is 13.7. The molecule has 0 bridgehead atoms. The van der Waals surface area contributed by atoms with Crippen molar-refractivity contribution in [3.63, 3.8) is 0 Å². The lowest BCUT2D eigenvalue weighted by Crippen LogP contribution is -2.18. The topological polar surface area (TPSA) is 62.1 Å². The summed E-state index contributed by atoms with van der Waals surface area (Å²) in [5.41, 5.74) is 1.54. The van der Waals surface area contributed by atoms with E-state index in [9.17, 15) is 4.79 Å². The Kier molecular flexibility index (Phi) is 6.10. The van der Waals surface area contributed by atoms with E-state index in [2.05, 4.69) is 15.8 Å². The molecule has 0 spiro atoms. The number of aryl methyl sites for hydroxylation is 1. The van der Waals surface area contributed by atoms with E-state index in [4.69, 9.17) is 14.2 Å². The molecular formula is C21H22N2O4S2. The average Bonchev–Trinajstić information content (AvgIpc) is 3.08. The fourth-order valence-corrected chi connectivity index (χ4v) is 4.57. The smallest absolute Gasteiger partial charge is 0.279 e. The highest BCUT2D eigenvalue weighted by Crippen LogP contribution is 2.31. The molecule has 152 valence electrons. The summed E-state index contributed by atoms with van der Waals surface area (Å²) in [6, 6.07) is 11.2. The summed E-state index contributed by atoms with van der Waals surface area (Å²) in [5.74, 6) is 2.71. The van der Waals surface area contributed by atoms with E-state index in [0.717, 1.165) is 28.3 Å². The highest BCUT2D eigenvalue weighted by atomic mass is 32.2. The zero-order chi connectivity index (χ0) is 20.2. The molecule has 1 aliphatic heterocycles. The van der Waals surface area contributed by atoms with Gasteiger partial charge in [-0.3, -0.25) is 4.79 Å². The minimum absolute atomic E-state index is 0.295. The van der Waals surface area contributed by atoms with Crippen LogP contribution in [0, 0.1) is 0 Å². The Morgan fingerprint density at radius 3 is 2.83 bits per heavy atom. The van der Waals surface area contributed by atoms with Crippen LogP contribution in [-0.4, -0.2) is 42.3 Å². The summed E-state index contributed by atoms with van der Waals surface area (Å²) in [6.07, 6.45) is 2.07. The van der Waals surface area contributed by atoms with E-state index in [0.29, 0.717) is 41.7 Å². The minimum Gasteiger partial charge on any atom is -0.494 e. The molecule has 1 aliphatic rings. The van der Waals surface area contributed by atoms with Gasteiger partial charge in [-0.05, 0) is 49.6 Å². The Labute approximate surface area is 177 Å². The second kappa shape index (κ2) is 8.92. The summed E-state index contributed by atoms with van der Waals surface area (Å²) in [4.78, 5) is 18.0. The summed E-state index contributed by atoms with van der Waals surface area (Å²) >= 11 is 3.26. The quantitative estimate of drug-likeness (QED) is 0.592. The van der Waals surface area contributed by atoms with Gasteiger partial charge in [0, 0.05) is 17.9 Å². The van der Waals surface area contributed by atoms with Gasteiger partial charge in [0.15, 0.2) is 16.3 Å². The predicted octanol–water partition coefficient (Wildman–Crippen LogP) is 3.98. The van der Waals surface area contributed by atoms with Crippen molar-refractivity contribution in [3.05, 3.63) is 46.8 Å². The minimum atomic E-state index is -0.295. The molecule has 0 fully saturated rings. The van der Waals surface area contributed by atoms with Crippen LogP contribution in [0.25, 0.3) is 10.2 Å². The number of nitrogens with zero attached hydrogens (tertiary/aromatic N) is 2. The molecule has 2 heterocycles. The first-order valence-electron chi connectivity index (χ1n) is 9.43. The van der Waals surface area contributed by atoms with Crippen LogP contribution in [0.15, 0.2) is 41.4 Å². The number of carbonyl (C=O) groups is 1. The van der Waals surface area contributed by atoms with Gasteiger partial charge in [0.1, 0.15) is 19.0 Å². The third-order valence-corrected chi connectivity index (χ3v) is 6.10. The fraction of sp³-hybridized carbons (Fsp3) is 0.333. The molecule has 1 aromatic heterocycles. The Morgan fingerprint density at radius 2 is 2.03 bits per heavy atom. The van der Waals surface area contributed by atoms with E-state index in [-0.39, 0.29) is 5.91 Å². The van der Waals surface area contributed by atoms with Crippen molar-refractivity contribution in [2.75, 3.05) is 31.8 Å². The average molecular weight is 431 g/mol. The van der Waals surface area contributed by atoms with Crippen LogP contribution in [0.3, 0.4) is 0 Å². The largest absolute Gasteiger partial charge is 0.494 e. The maximum atomic E-state index is 12.9. The number of hydrogen-bond donors (Lipinski definition) is 0. The number of ether oxygens (including phenoxy) is 3. The van der Waals surface area contributed by atoms with E-state index < -0.39 is 0 Å². The number of thioether (sulfide) groups is 1. The Balaban J connectivity index is 1.74. The van der Waals surface area contributed by atoms with Crippen LogP contribution in [0.1, 0.15) is 17.3 Å². The van der Waals surface area contributed by atoms with Crippen LogP contribution in [-0.2, 0) is 6.54 Å². The van der Waals surface area contributed by atoms with Gasteiger partial charge in [0.05, 0.1) is 16.8 Å². The van der Waals surface area contributed by atoms with Crippen LogP contribution in [0.5, 0.6) is 17.2 Å². The third kappa shape index (κ3) is 4.28. The number of fused-ring (bicyclic) bond motifs is 2. The van der Waals surface area contributed by atoms with Crippen LogP contribution in [0.4, 0.5) is 0 Å². The molecule has 29 heavy (non-hydrogen) atoms. The summed E-state index contributed by atoms with van der Waals surface area (Å²) in [7, 11) is 0. The van der Waals surface area contributed by atoms with Gasteiger partial charge in [0.2, 0.25) is 0 Å². The van der Waals surface area contributed by atoms with Crippen molar-refractivity contribution in [1.29, 1.82) is 0 Å². The van der Waals surface area contributed by atoms with Gasteiger partial charge in [-0.2, -0.15) is 16.8 Å². The number of amides is 1. The van der Waals surface area contributed by atoms with Gasteiger partial charge in [0.25, 0.3) is 5.91 Å². The molecule has 6 nitrogen and oxygen atoms in total. The van der Waals surface area contributed by atoms with Gasteiger partial charge in [-0.15, -0.1) is 0 Å². The van der Waals surface area contributed by atoms with Crippen molar-refractivity contribution in [2.24, 2.45) is 4.99 Å². The van der Waals surface area contributed by atoms with Crippen molar-refractivity contribution in [3.8, 4) is 17.2 Å². The zero-order valence-corrected chi connectivity index (χ0v) is 18.0. The second-order valence-electron chi connectivity index (χ2n) is 6.37. The molecule has 0 aliphatic carbocycles. The number of carbonyl (C=O) groups excluding carboxylic acids is 1. The molecule has 1 amide bonds.